The van der Waals surface area contributed by atoms with Crippen LogP contribution in [0.4, 0.5) is 5.69 Å². The molecule has 1 aromatic carbocycles. The van der Waals surface area contributed by atoms with Gasteiger partial charge in [-0.15, -0.1) is 0 Å². The minimum atomic E-state index is -0.314. The van der Waals surface area contributed by atoms with Crippen molar-refractivity contribution in [2.75, 3.05) is 5.32 Å². The summed E-state index contributed by atoms with van der Waals surface area (Å²) in [6.45, 7) is 0. The van der Waals surface area contributed by atoms with Gasteiger partial charge >= 0.3 is 0 Å². The molecule has 0 saturated carbocycles. The third-order valence-electron chi connectivity index (χ3n) is 2.76. The molecule has 0 bridgehead atoms. The van der Waals surface area contributed by atoms with Crippen LogP contribution in [0.1, 0.15) is 10.5 Å². The second-order valence-electron chi connectivity index (χ2n) is 4.19. The van der Waals surface area contributed by atoms with Crippen LogP contribution in [0.2, 0.25) is 5.15 Å². The van der Waals surface area contributed by atoms with Crippen LogP contribution in [0.5, 0.6) is 0 Å². The second kappa shape index (κ2) is 5.72. The highest BCUT2D eigenvalue weighted by Gasteiger charge is 2.08. The quantitative estimate of drug-likeness (QED) is 0.754. The summed E-state index contributed by atoms with van der Waals surface area (Å²) in [4.78, 5) is 19.9. The number of pyridine rings is 1. The standard InChI is InChI=1S/C14H10ClN5O/c15-13-3-1-2-12(19-13)14(21)18-10-4-6-11(7-5-10)20-9-16-8-17-20/h1-9H,(H,18,21). The van der Waals surface area contributed by atoms with Crippen molar-refractivity contribution in [2.45, 2.75) is 0 Å². The van der Waals surface area contributed by atoms with Crippen molar-refractivity contribution < 1.29 is 4.79 Å². The highest BCUT2D eigenvalue weighted by molar-refractivity contribution is 6.29. The molecule has 3 rings (SSSR count). The van der Waals surface area contributed by atoms with Gasteiger partial charge in [-0.05, 0) is 36.4 Å². The van der Waals surface area contributed by atoms with Crippen LogP contribution in [0.3, 0.4) is 0 Å². The number of hydrogen-bond acceptors (Lipinski definition) is 4. The van der Waals surface area contributed by atoms with Crippen LogP contribution in [-0.2, 0) is 0 Å². The first-order chi connectivity index (χ1) is 10.2. The lowest BCUT2D eigenvalue weighted by Crippen LogP contribution is -2.13. The molecule has 7 heteroatoms. The van der Waals surface area contributed by atoms with Gasteiger partial charge in [0, 0.05) is 5.69 Å². The van der Waals surface area contributed by atoms with Gasteiger partial charge in [0.2, 0.25) is 0 Å². The fourth-order valence-electron chi connectivity index (χ4n) is 1.77. The lowest BCUT2D eigenvalue weighted by atomic mass is 10.2. The summed E-state index contributed by atoms with van der Waals surface area (Å²) in [5, 5.41) is 7.06. The third kappa shape index (κ3) is 3.06. The number of carbonyl (C=O) groups excluding carboxylic acids is 1. The van der Waals surface area contributed by atoms with Crippen LogP contribution >= 0.6 is 11.6 Å². The third-order valence-corrected chi connectivity index (χ3v) is 2.97. The Balaban J connectivity index is 1.75. The van der Waals surface area contributed by atoms with Gasteiger partial charge in [0.15, 0.2) is 0 Å². The normalized spacial score (nSPS) is 10.3. The van der Waals surface area contributed by atoms with E-state index in [-0.39, 0.29) is 16.8 Å². The predicted octanol–water partition coefficient (Wildman–Crippen LogP) is 2.57. The lowest BCUT2D eigenvalue weighted by Gasteiger charge is -2.06. The van der Waals surface area contributed by atoms with E-state index in [1.807, 2.05) is 12.1 Å². The molecule has 1 amide bonds. The Morgan fingerprint density at radius 2 is 1.95 bits per heavy atom. The zero-order chi connectivity index (χ0) is 14.7. The highest BCUT2D eigenvalue weighted by Crippen LogP contribution is 2.13. The Bertz CT molecular complexity index is 755. The molecule has 1 N–H and O–H groups in total. The number of aromatic nitrogens is 4. The van der Waals surface area contributed by atoms with Gasteiger partial charge in [0.05, 0.1) is 5.69 Å². The summed E-state index contributed by atoms with van der Waals surface area (Å²) in [5.74, 6) is -0.314. The first kappa shape index (κ1) is 13.3. The summed E-state index contributed by atoms with van der Waals surface area (Å²) in [5.41, 5.74) is 1.78. The van der Waals surface area contributed by atoms with Crippen molar-refractivity contribution in [2.24, 2.45) is 0 Å². The van der Waals surface area contributed by atoms with Crippen LogP contribution < -0.4 is 5.32 Å². The van der Waals surface area contributed by atoms with E-state index in [1.165, 1.54) is 6.33 Å². The van der Waals surface area contributed by atoms with Crippen molar-refractivity contribution in [3.63, 3.8) is 0 Å². The van der Waals surface area contributed by atoms with E-state index in [1.54, 1.807) is 41.3 Å². The van der Waals surface area contributed by atoms with Crippen LogP contribution in [0.25, 0.3) is 5.69 Å². The molecule has 0 aliphatic carbocycles. The maximum absolute atomic E-state index is 12.0. The van der Waals surface area contributed by atoms with Gasteiger partial charge in [0.25, 0.3) is 5.91 Å². The summed E-state index contributed by atoms with van der Waals surface area (Å²) < 4.78 is 1.63. The molecular formula is C14H10ClN5O. The Hall–Kier alpha value is -2.73. The molecule has 104 valence electrons. The van der Waals surface area contributed by atoms with E-state index in [2.05, 4.69) is 20.4 Å². The molecule has 0 aliphatic heterocycles. The van der Waals surface area contributed by atoms with Crippen molar-refractivity contribution in [1.82, 2.24) is 19.7 Å². The molecular weight excluding hydrogens is 290 g/mol. The molecule has 0 aliphatic rings. The van der Waals surface area contributed by atoms with E-state index in [0.29, 0.717) is 5.69 Å². The minimum Gasteiger partial charge on any atom is -0.321 e. The fraction of sp³-hybridized carbons (Fsp3) is 0. The van der Waals surface area contributed by atoms with Gasteiger partial charge in [-0.25, -0.2) is 14.6 Å². The smallest absolute Gasteiger partial charge is 0.274 e. The minimum absolute atomic E-state index is 0.267. The molecule has 6 nitrogen and oxygen atoms in total. The van der Waals surface area contributed by atoms with Crippen LogP contribution in [0.15, 0.2) is 55.1 Å². The number of halogens is 1. The number of nitrogens with zero attached hydrogens (tertiary/aromatic N) is 4. The Morgan fingerprint density at radius 3 is 2.62 bits per heavy atom. The summed E-state index contributed by atoms with van der Waals surface area (Å²) >= 11 is 5.76. The maximum atomic E-state index is 12.0. The molecule has 0 unspecified atom stereocenters. The molecule has 2 aromatic heterocycles. The zero-order valence-corrected chi connectivity index (χ0v) is 11.5. The molecule has 0 spiro atoms. The average Bonchev–Trinajstić information content (AvgIpc) is 3.02. The number of amides is 1. The number of rotatable bonds is 3. The fourth-order valence-corrected chi connectivity index (χ4v) is 1.93. The van der Waals surface area contributed by atoms with Gasteiger partial charge < -0.3 is 5.32 Å². The van der Waals surface area contributed by atoms with Crippen molar-refractivity contribution in [1.29, 1.82) is 0 Å². The van der Waals surface area contributed by atoms with Crippen molar-refractivity contribution >= 4 is 23.2 Å². The largest absolute Gasteiger partial charge is 0.321 e. The van der Waals surface area contributed by atoms with Crippen molar-refractivity contribution in [3.8, 4) is 5.69 Å². The number of benzene rings is 1. The molecule has 21 heavy (non-hydrogen) atoms. The van der Waals surface area contributed by atoms with Gasteiger partial charge in [-0.1, -0.05) is 17.7 Å². The van der Waals surface area contributed by atoms with E-state index in [0.717, 1.165) is 5.69 Å². The molecule has 0 fully saturated rings. The van der Waals surface area contributed by atoms with Crippen molar-refractivity contribution in [3.05, 3.63) is 66.0 Å². The molecule has 0 saturated heterocycles. The van der Waals surface area contributed by atoms with E-state index < -0.39 is 0 Å². The lowest BCUT2D eigenvalue weighted by molar-refractivity contribution is 0.102. The highest BCUT2D eigenvalue weighted by atomic mass is 35.5. The SMILES string of the molecule is O=C(Nc1ccc(-n2cncn2)cc1)c1cccc(Cl)n1. The van der Waals surface area contributed by atoms with Gasteiger partial charge in [-0.2, -0.15) is 5.10 Å². The Labute approximate surface area is 125 Å². The molecule has 2 heterocycles. The summed E-state index contributed by atoms with van der Waals surface area (Å²) in [6.07, 6.45) is 3.06. The zero-order valence-electron chi connectivity index (χ0n) is 10.8. The predicted molar refractivity (Wildman–Crippen MR) is 78.6 cm³/mol. The van der Waals surface area contributed by atoms with Gasteiger partial charge in [0.1, 0.15) is 23.5 Å². The maximum Gasteiger partial charge on any atom is 0.274 e. The summed E-state index contributed by atoms with van der Waals surface area (Å²) in [6, 6.07) is 12.1. The van der Waals surface area contributed by atoms with Crippen LogP contribution in [-0.4, -0.2) is 25.7 Å². The molecule has 0 radical (unpaired) electrons. The van der Waals surface area contributed by atoms with E-state index in [9.17, 15) is 4.79 Å². The first-order valence-electron chi connectivity index (χ1n) is 6.11. The molecule has 0 atom stereocenters. The Kier molecular flexibility index (Phi) is 3.61. The number of carbonyl (C=O) groups is 1. The molecule has 3 aromatic rings. The monoisotopic (exact) mass is 299 g/mol. The van der Waals surface area contributed by atoms with E-state index in [4.69, 9.17) is 11.6 Å². The number of nitrogens with one attached hydrogen (secondary N) is 1. The van der Waals surface area contributed by atoms with Crippen LogP contribution in [0, 0.1) is 0 Å². The second-order valence-corrected chi connectivity index (χ2v) is 4.57. The number of hydrogen-bond donors (Lipinski definition) is 1. The van der Waals surface area contributed by atoms with Gasteiger partial charge in [-0.3, -0.25) is 4.79 Å². The Morgan fingerprint density at radius 1 is 1.14 bits per heavy atom. The summed E-state index contributed by atoms with van der Waals surface area (Å²) in [7, 11) is 0. The topological polar surface area (TPSA) is 72.7 Å². The van der Waals surface area contributed by atoms with E-state index >= 15 is 0 Å². The average molecular weight is 300 g/mol. The first-order valence-corrected chi connectivity index (χ1v) is 6.49. The number of anilines is 1.